The summed E-state index contributed by atoms with van der Waals surface area (Å²) >= 11 is 3.34. The fraction of sp³-hybridized carbons (Fsp3) is 0.600. The Bertz CT molecular complexity index is 778. The van der Waals surface area contributed by atoms with Crippen LogP contribution in [0.4, 0.5) is 0 Å². The molecule has 0 spiro atoms. The molecule has 2 atom stereocenters. The monoisotopic (exact) mass is 422 g/mol. The summed E-state index contributed by atoms with van der Waals surface area (Å²) in [5.74, 6) is 0.537. The van der Waals surface area contributed by atoms with Gasteiger partial charge in [0.1, 0.15) is 10.1 Å². The van der Waals surface area contributed by atoms with Gasteiger partial charge in [-0.15, -0.1) is 23.5 Å². The molecule has 2 aliphatic heterocycles. The van der Waals surface area contributed by atoms with Crippen LogP contribution in [0, 0.1) is 0 Å². The van der Waals surface area contributed by atoms with E-state index in [2.05, 4.69) is 0 Å². The van der Waals surface area contributed by atoms with Gasteiger partial charge in [0.15, 0.2) is 11.6 Å². The number of nitrogens with zero attached hydrogens (tertiary/aromatic N) is 2. The van der Waals surface area contributed by atoms with Crippen LogP contribution in [0.2, 0.25) is 0 Å². The first-order valence-electron chi connectivity index (χ1n) is 9.46. The second-order valence-electron chi connectivity index (χ2n) is 7.85. The zero-order valence-electron chi connectivity index (χ0n) is 16.6. The third-order valence-electron chi connectivity index (χ3n) is 4.46. The summed E-state index contributed by atoms with van der Waals surface area (Å²) in [5, 5.41) is 1.85. The molecule has 8 heteroatoms. The summed E-state index contributed by atoms with van der Waals surface area (Å²) in [7, 11) is 0. The first-order chi connectivity index (χ1) is 13.3. The summed E-state index contributed by atoms with van der Waals surface area (Å²) in [5.41, 5.74) is 1.81. The predicted octanol–water partition coefficient (Wildman–Crippen LogP) is 4.12. The number of ether oxygens (including phenoxy) is 4. The minimum atomic E-state index is -0.509. The lowest BCUT2D eigenvalue weighted by Crippen LogP contribution is -2.22. The van der Waals surface area contributed by atoms with Crippen LogP contribution in [0.15, 0.2) is 34.3 Å². The van der Waals surface area contributed by atoms with Gasteiger partial charge in [0, 0.05) is 11.5 Å². The van der Waals surface area contributed by atoms with Gasteiger partial charge in [-0.1, -0.05) is 12.1 Å². The normalized spacial score (nSPS) is 26.1. The predicted molar refractivity (Wildman–Crippen MR) is 111 cm³/mol. The van der Waals surface area contributed by atoms with Gasteiger partial charge < -0.3 is 18.9 Å². The van der Waals surface area contributed by atoms with Crippen LogP contribution in [0.5, 0.6) is 0 Å². The van der Waals surface area contributed by atoms with E-state index in [0.717, 1.165) is 32.6 Å². The standard InChI is InChI=1S/C20H26N2O4S2/c1-19(2)23-9-13(25-19)11-27-17-18(22-16-8-6-5-7-15(16)21-17)28-12-14-10-24-20(3,4)26-14/h5-8,13-14H,9-12H2,1-4H3. The summed E-state index contributed by atoms with van der Waals surface area (Å²) in [6.07, 6.45) is 0.108. The maximum absolute atomic E-state index is 5.93. The van der Waals surface area contributed by atoms with E-state index >= 15 is 0 Å². The Morgan fingerprint density at radius 1 is 0.821 bits per heavy atom. The Morgan fingerprint density at radius 3 is 1.61 bits per heavy atom. The summed E-state index contributed by atoms with van der Waals surface area (Å²) in [6.45, 7) is 8.98. The molecule has 1 aromatic heterocycles. The van der Waals surface area contributed by atoms with Gasteiger partial charge in [-0.3, -0.25) is 0 Å². The first kappa shape index (κ1) is 20.4. The number of hydrogen-bond acceptors (Lipinski definition) is 8. The number of thioether (sulfide) groups is 2. The average Bonchev–Trinajstić information content (AvgIpc) is 3.18. The van der Waals surface area contributed by atoms with E-state index in [4.69, 9.17) is 28.9 Å². The van der Waals surface area contributed by atoms with Crippen molar-refractivity contribution in [3.8, 4) is 0 Å². The Balaban J connectivity index is 1.48. The number of hydrogen-bond donors (Lipinski definition) is 0. The van der Waals surface area contributed by atoms with E-state index in [-0.39, 0.29) is 12.2 Å². The van der Waals surface area contributed by atoms with E-state index < -0.39 is 11.6 Å². The van der Waals surface area contributed by atoms with E-state index in [0.29, 0.717) is 13.2 Å². The molecule has 0 aliphatic carbocycles. The quantitative estimate of drug-likeness (QED) is 0.645. The van der Waals surface area contributed by atoms with Crippen molar-refractivity contribution < 1.29 is 18.9 Å². The van der Waals surface area contributed by atoms with Crippen LogP contribution < -0.4 is 0 Å². The van der Waals surface area contributed by atoms with Crippen LogP contribution in [0.1, 0.15) is 27.7 Å². The highest BCUT2D eigenvalue weighted by atomic mass is 32.2. The van der Waals surface area contributed by atoms with Crippen molar-refractivity contribution in [2.75, 3.05) is 24.7 Å². The maximum Gasteiger partial charge on any atom is 0.163 e. The lowest BCUT2D eigenvalue weighted by molar-refractivity contribution is -0.136. The number of aromatic nitrogens is 2. The molecular weight excluding hydrogens is 396 g/mol. The van der Waals surface area contributed by atoms with Crippen molar-refractivity contribution in [1.29, 1.82) is 0 Å². The summed E-state index contributed by atoms with van der Waals surface area (Å²) < 4.78 is 23.2. The molecule has 1 aromatic carbocycles. The molecule has 28 heavy (non-hydrogen) atoms. The van der Waals surface area contributed by atoms with Crippen molar-refractivity contribution in [3.63, 3.8) is 0 Å². The second kappa shape index (κ2) is 8.08. The van der Waals surface area contributed by atoms with Gasteiger partial charge >= 0.3 is 0 Å². The van der Waals surface area contributed by atoms with Gasteiger partial charge in [-0.05, 0) is 39.8 Å². The molecular formula is C20H26N2O4S2. The lowest BCUT2D eigenvalue weighted by atomic mass is 10.3. The van der Waals surface area contributed by atoms with E-state index in [1.165, 1.54) is 0 Å². The Hall–Kier alpha value is -0.900. The highest BCUT2D eigenvalue weighted by Crippen LogP contribution is 2.34. The topological polar surface area (TPSA) is 62.7 Å². The largest absolute Gasteiger partial charge is 0.348 e. The summed E-state index contributed by atoms with van der Waals surface area (Å²) in [4.78, 5) is 9.72. The average molecular weight is 423 g/mol. The van der Waals surface area contributed by atoms with Crippen molar-refractivity contribution in [2.45, 2.75) is 61.5 Å². The SMILES string of the molecule is CC1(C)OCC(CSc2nc3ccccc3nc2SCC2COC(C)(C)O2)O1. The molecule has 3 heterocycles. The zero-order chi connectivity index (χ0) is 19.8. The molecule has 2 fully saturated rings. The van der Waals surface area contributed by atoms with Gasteiger partial charge in [-0.25, -0.2) is 9.97 Å². The minimum absolute atomic E-state index is 0.0542. The molecule has 2 aliphatic rings. The van der Waals surface area contributed by atoms with E-state index in [9.17, 15) is 0 Å². The maximum atomic E-state index is 5.93. The van der Waals surface area contributed by atoms with E-state index in [1.807, 2.05) is 52.0 Å². The molecule has 0 N–H and O–H groups in total. The first-order valence-corrected chi connectivity index (χ1v) is 11.4. The number of para-hydroxylation sites is 2. The molecule has 6 nitrogen and oxygen atoms in total. The molecule has 2 unspecified atom stereocenters. The minimum Gasteiger partial charge on any atom is -0.348 e. The second-order valence-corrected chi connectivity index (χ2v) is 9.86. The third kappa shape index (κ3) is 4.98. The number of benzene rings is 1. The van der Waals surface area contributed by atoms with Crippen LogP contribution in [0.25, 0.3) is 11.0 Å². The van der Waals surface area contributed by atoms with Gasteiger partial charge in [0.2, 0.25) is 0 Å². The smallest absolute Gasteiger partial charge is 0.163 e. The molecule has 0 saturated carbocycles. The molecule has 2 aromatic rings. The van der Waals surface area contributed by atoms with Crippen LogP contribution in [0.3, 0.4) is 0 Å². The molecule has 0 radical (unpaired) electrons. The van der Waals surface area contributed by atoms with Crippen LogP contribution in [-0.4, -0.2) is 58.5 Å². The Kier molecular flexibility index (Phi) is 5.88. The van der Waals surface area contributed by atoms with Crippen molar-refractivity contribution in [2.24, 2.45) is 0 Å². The zero-order valence-corrected chi connectivity index (χ0v) is 18.3. The van der Waals surface area contributed by atoms with Gasteiger partial charge in [0.25, 0.3) is 0 Å². The fourth-order valence-electron chi connectivity index (χ4n) is 3.19. The van der Waals surface area contributed by atoms with Crippen molar-refractivity contribution >= 4 is 34.6 Å². The van der Waals surface area contributed by atoms with Gasteiger partial charge in [0.05, 0.1) is 36.5 Å². The third-order valence-corrected chi connectivity index (χ3v) is 6.78. The number of fused-ring (bicyclic) bond motifs is 1. The lowest BCUT2D eigenvalue weighted by Gasteiger charge is -2.18. The highest BCUT2D eigenvalue weighted by Gasteiger charge is 2.34. The van der Waals surface area contributed by atoms with Crippen LogP contribution in [-0.2, 0) is 18.9 Å². The molecule has 0 bridgehead atoms. The van der Waals surface area contributed by atoms with Crippen molar-refractivity contribution in [1.82, 2.24) is 9.97 Å². The number of rotatable bonds is 6. The van der Waals surface area contributed by atoms with Gasteiger partial charge in [-0.2, -0.15) is 0 Å². The molecule has 152 valence electrons. The summed E-state index contributed by atoms with van der Waals surface area (Å²) in [6, 6.07) is 7.96. The molecule has 0 amide bonds. The molecule has 2 saturated heterocycles. The van der Waals surface area contributed by atoms with Crippen LogP contribution >= 0.6 is 23.5 Å². The fourth-order valence-corrected chi connectivity index (χ4v) is 5.22. The van der Waals surface area contributed by atoms with Crippen molar-refractivity contribution in [3.05, 3.63) is 24.3 Å². The Labute approximate surface area is 174 Å². The highest BCUT2D eigenvalue weighted by molar-refractivity contribution is 8.02. The molecule has 4 rings (SSSR count). The Morgan fingerprint density at radius 2 is 1.25 bits per heavy atom. The van der Waals surface area contributed by atoms with E-state index in [1.54, 1.807) is 23.5 Å².